The Balaban J connectivity index is 2.60. The molecule has 0 atom stereocenters. The van der Waals surface area contributed by atoms with Gasteiger partial charge in [0, 0.05) is 25.7 Å². The first kappa shape index (κ1) is 13.7. The first-order valence-corrected chi connectivity index (χ1v) is 5.81. The second-order valence-corrected chi connectivity index (χ2v) is 4.12. The zero-order valence-corrected chi connectivity index (χ0v) is 10.5. The summed E-state index contributed by atoms with van der Waals surface area (Å²) in [7, 11) is 0. The predicted molar refractivity (Wildman–Crippen MR) is 68.0 cm³/mol. The molecule has 17 heavy (non-hydrogen) atoms. The number of hydrogen-bond acceptors (Lipinski definition) is 5. The zero-order valence-electron chi connectivity index (χ0n) is 10.5. The van der Waals surface area contributed by atoms with Crippen LogP contribution in [-0.2, 0) is 6.54 Å². The number of aliphatic hydroxyl groups is 1. The lowest BCUT2D eigenvalue weighted by atomic mass is 10.4. The Bertz CT molecular complexity index is 336. The maximum Gasteiger partial charge on any atom is 0.297 e. The molecule has 0 aliphatic rings. The quantitative estimate of drug-likeness (QED) is 0.667. The van der Waals surface area contributed by atoms with E-state index in [-0.39, 0.29) is 6.61 Å². The van der Waals surface area contributed by atoms with E-state index >= 15 is 0 Å². The van der Waals surface area contributed by atoms with Crippen LogP contribution in [0.2, 0.25) is 0 Å². The van der Waals surface area contributed by atoms with Crippen LogP contribution >= 0.6 is 0 Å². The van der Waals surface area contributed by atoms with Crippen molar-refractivity contribution in [2.75, 3.05) is 24.6 Å². The van der Waals surface area contributed by atoms with Gasteiger partial charge in [0.25, 0.3) is 6.01 Å². The maximum atomic E-state index is 8.95. The number of aromatic nitrogens is 1. The van der Waals surface area contributed by atoms with Crippen LogP contribution in [0.4, 0.5) is 6.01 Å². The summed E-state index contributed by atoms with van der Waals surface area (Å²) in [5.41, 5.74) is 0.862. The van der Waals surface area contributed by atoms with Gasteiger partial charge in [-0.25, -0.2) is 0 Å². The standard InChI is InChI=1S/C12H21N3O2/c1-4-5-15(6-7-16)12-14-11(9-17-12)8-13-10(2)3/h4,9-10,13,16H,1,5-8H2,2-3H3. The van der Waals surface area contributed by atoms with E-state index in [0.717, 1.165) is 5.69 Å². The third kappa shape index (κ3) is 4.58. The topological polar surface area (TPSA) is 61.5 Å². The number of hydrogen-bond donors (Lipinski definition) is 2. The Labute approximate surface area is 102 Å². The molecule has 0 aliphatic carbocycles. The summed E-state index contributed by atoms with van der Waals surface area (Å²) < 4.78 is 5.38. The molecule has 1 aromatic heterocycles. The van der Waals surface area contributed by atoms with E-state index in [0.29, 0.717) is 31.7 Å². The van der Waals surface area contributed by atoms with Crippen molar-refractivity contribution in [2.45, 2.75) is 26.4 Å². The zero-order chi connectivity index (χ0) is 12.7. The Hall–Kier alpha value is -1.33. The van der Waals surface area contributed by atoms with E-state index in [9.17, 15) is 0 Å². The van der Waals surface area contributed by atoms with E-state index in [1.54, 1.807) is 12.3 Å². The van der Waals surface area contributed by atoms with Gasteiger partial charge < -0.3 is 19.7 Å². The van der Waals surface area contributed by atoms with Gasteiger partial charge in [0.15, 0.2) is 0 Å². The Kier molecular flexibility index (Phi) is 5.72. The lowest BCUT2D eigenvalue weighted by molar-refractivity contribution is 0.300. The van der Waals surface area contributed by atoms with Gasteiger partial charge in [-0.15, -0.1) is 6.58 Å². The van der Waals surface area contributed by atoms with Crippen LogP contribution in [0.5, 0.6) is 0 Å². The molecule has 1 rings (SSSR count). The van der Waals surface area contributed by atoms with Crippen LogP contribution in [0.15, 0.2) is 23.3 Å². The summed E-state index contributed by atoms with van der Waals surface area (Å²) >= 11 is 0. The third-order valence-corrected chi connectivity index (χ3v) is 2.22. The van der Waals surface area contributed by atoms with Crippen LogP contribution in [-0.4, -0.2) is 35.8 Å². The third-order valence-electron chi connectivity index (χ3n) is 2.22. The van der Waals surface area contributed by atoms with Gasteiger partial charge in [-0.3, -0.25) is 0 Å². The van der Waals surface area contributed by atoms with Gasteiger partial charge in [0.2, 0.25) is 0 Å². The fourth-order valence-corrected chi connectivity index (χ4v) is 1.37. The fraction of sp³-hybridized carbons (Fsp3) is 0.583. The first-order chi connectivity index (χ1) is 8.17. The molecule has 0 fully saturated rings. The average molecular weight is 239 g/mol. The van der Waals surface area contributed by atoms with Crippen molar-refractivity contribution in [2.24, 2.45) is 0 Å². The van der Waals surface area contributed by atoms with Crippen LogP contribution < -0.4 is 10.2 Å². The second-order valence-electron chi connectivity index (χ2n) is 4.12. The van der Waals surface area contributed by atoms with Gasteiger partial charge in [0.05, 0.1) is 12.3 Å². The normalized spacial score (nSPS) is 10.8. The van der Waals surface area contributed by atoms with E-state index in [1.807, 2.05) is 4.90 Å². The van der Waals surface area contributed by atoms with Gasteiger partial charge >= 0.3 is 0 Å². The SMILES string of the molecule is C=CCN(CCO)c1nc(CNC(C)C)co1. The molecule has 0 saturated heterocycles. The van der Waals surface area contributed by atoms with Gasteiger partial charge in [-0.1, -0.05) is 19.9 Å². The molecule has 0 unspecified atom stereocenters. The molecule has 0 spiro atoms. The number of nitrogens with one attached hydrogen (secondary N) is 1. The van der Waals surface area contributed by atoms with E-state index < -0.39 is 0 Å². The molecule has 5 nitrogen and oxygen atoms in total. The van der Waals surface area contributed by atoms with E-state index in [2.05, 4.69) is 30.7 Å². The summed E-state index contributed by atoms with van der Waals surface area (Å²) in [4.78, 5) is 6.20. The van der Waals surface area contributed by atoms with Crippen molar-refractivity contribution in [3.63, 3.8) is 0 Å². The molecule has 96 valence electrons. The summed E-state index contributed by atoms with van der Waals surface area (Å²) in [6.07, 6.45) is 3.39. The van der Waals surface area contributed by atoms with Crippen LogP contribution in [0.1, 0.15) is 19.5 Å². The minimum atomic E-state index is 0.0653. The molecule has 1 heterocycles. The molecule has 5 heteroatoms. The summed E-state index contributed by atoms with van der Waals surface area (Å²) in [5.74, 6) is 0. The van der Waals surface area contributed by atoms with Crippen LogP contribution in [0.25, 0.3) is 0 Å². The average Bonchev–Trinajstić information content (AvgIpc) is 2.74. The van der Waals surface area contributed by atoms with Crippen molar-refractivity contribution in [1.82, 2.24) is 10.3 Å². The number of nitrogens with zero attached hydrogens (tertiary/aromatic N) is 2. The molecule has 0 radical (unpaired) electrons. The van der Waals surface area contributed by atoms with Crippen molar-refractivity contribution in [1.29, 1.82) is 0 Å². The highest BCUT2D eigenvalue weighted by Crippen LogP contribution is 2.13. The Morgan fingerprint density at radius 1 is 1.65 bits per heavy atom. The maximum absolute atomic E-state index is 8.95. The predicted octanol–water partition coefficient (Wildman–Crippen LogP) is 1.16. The Morgan fingerprint density at radius 2 is 2.41 bits per heavy atom. The highest BCUT2D eigenvalue weighted by Gasteiger charge is 2.11. The van der Waals surface area contributed by atoms with Crippen molar-refractivity contribution in [3.05, 3.63) is 24.6 Å². The number of aliphatic hydroxyl groups excluding tert-OH is 1. The monoisotopic (exact) mass is 239 g/mol. The summed E-state index contributed by atoms with van der Waals surface area (Å²) in [5, 5.41) is 12.2. The summed E-state index contributed by atoms with van der Waals surface area (Å²) in [6.45, 7) is 9.68. The lowest BCUT2D eigenvalue weighted by Crippen LogP contribution is -2.27. The minimum Gasteiger partial charge on any atom is -0.432 e. The Morgan fingerprint density at radius 3 is 3.00 bits per heavy atom. The molecule has 0 bridgehead atoms. The van der Waals surface area contributed by atoms with E-state index in [4.69, 9.17) is 9.52 Å². The van der Waals surface area contributed by atoms with E-state index in [1.165, 1.54) is 0 Å². The number of anilines is 1. The fourth-order valence-electron chi connectivity index (χ4n) is 1.37. The molecule has 0 saturated carbocycles. The number of rotatable bonds is 8. The second kappa shape index (κ2) is 7.09. The first-order valence-electron chi connectivity index (χ1n) is 5.81. The largest absolute Gasteiger partial charge is 0.432 e. The van der Waals surface area contributed by atoms with Crippen molar-refractivity contribution >= 4 is 6.01 Å². The van der Waals surface area contributed by atoms with Crippen LogP contribution in [0, 0.1) is 0 Å². The molecule has 1 aromatic rings. The minimum absolute atomic E-state index is 0.0653. The molecular weight excluding hydrogens is 218 g/mol. The van der Waals surface area contributed by atoms with Crippen molar-refractivity contribution in [3.8, 4) is 0 Å². The number of oxazole rings is 1. The molecule has 0 aliphatic heterocycles. The molecule has 0 amide bonds. The highest BCUT2D eigenvalue weighted by atomic mass is 16.4. The van der Waals surface area contributed by atoms with Crippen molar-refractivity contribution < 1.29 is 9.52 Å². The molecule has 0 aromatic carbocycles. The summed E-state index contributed by atoms with van der Waals surface area (Å²) in [6, 6.07) is 0.941. The van der Waals surface area contributed by atoms with Gasteiger partial charge in [0.1, 0.15) is 6.26 Å². The highest BCUT2D eigenvalue weighted by molar-refractivity contribution is 5.28. The van der Waals surface area contributed by atoms with Gasteiger partial charge in [-0.2, -0.15) is 4.98 Å². The van der Waals surface area contributed by atoms with Gasteiger partial charge in [-0.05, 0) is 0 Å². The molecular formula is C12H21N3O2. The lowest BCUT2D eigenvalue weighted by Gasteiger charge is -2.16. The smallest absolute Gasteiger partial charge is 0.297 e. The molecule has 2 N–H and O–H groups in total. The van der Waals surface area contributed by atoms with Crippen LogP contribution in [0.3, 0.4) is 0 Å².